The van der Waals surface area contributed by atoms with E-state index in [0.29, 0.717) is 5.95 Å². The molecular weight excluding hydrogens is 651 g/mol. The van der Waals surface area contributed by atoms with Crippen LogP contribution in [-0.2, 0) is 0 Å². The first-order valence-corrected chi connectivity index (χ1v) is 18.7. The minimum atomic E-state index is 0.664. The highest BCUT2D eigenvalue weighted by atomic mass is 32.1. The molecule has 11 aromatic rings. The lowest BCUT2D eigenvalue weighted by Gasteiger charge is -2.15. The number of thiophene rings is 1. The molecule has 0 aliphatic carbocycles. The molecule has 3 aromatic heterocycles. The fraction of sp³-hybridized carbons (Fsp3) is 0.0417. The van der Waals surface area contributed by atoms with E-state index < -0.39 is 0 Å². The molecule has 4 heteroatoms. The van der Waals surface area contributed by atoms with Crippen LogP contribution in [0.15, 0.2) is 164 Å². The molecule has 0 N–H and O–H groups in total. The van der Waals surface area contributed by atoms with E-state index in [1.54, 1.807) is 0 Å². The van der Waals surface area contributed by atoms with Crippen LogP contribution in [0.25, 0.3) is 103 Å². The van der Waals surface area contributed by atoms with Gasteiger partial charge in [-0.05, 0) is 58.1 Å². The molecule has 0 atom stereocenters. The zero-order chi connectivity index (χ0) is 34.8. The van der Waals surface area contributed by atoms with Crippen molar-refractivity contribution in [3.05, 3.63) is 164 Å². The zero-order valence-corrected chi connectivity index (χ0v) is 29.7. The summed E-state index contributed by atoms with van der Waals surface area (Å²) in [4.78, 5) is 11.0. The molecule has 0 saturated heterocycles. The molecule has 52 heavy (non-hydrogen) atoms. The molecular formula is C48H33N3S. The van der Waals surface area contributed by atoms with E-state index in [2.05, 4.69) is 168 Å². The van der Waals surface area contributed by atoms with Crippen LogP contribution in [0.5, 0.6) is 0 Å². The van der Waals surface area contributed by atoms with Crippen molar-refractivity contribution in [2.24, 2.45) is 0 Å². The van der Waals surface area contributed by atoms with Gasteiger partial charge in [0.25, 0.3) is 0 Å². The second-order valence-corrected chi connectivity index (χ2v) is 14.1. The van der Waals surface area contributed by atoms with Crippen molar-refractivity contribution in [1.82, 2.24) is 14.5 Å². The number of fused-ring (bicyclic) bond motifs is 10. The van der Waals surface area contributed by atoms with Crippen molar-refractivity contribution in [3.8, 4) is 28.3 Å². The van der Waals surface area contributed by atoms with Gasteiger partial charge in [0, 0.05) is 52.8 Å². The Morgan fingerprint density at radius 1 is 0.442 bits per heavy atom. The van der Waals surface area contributed by atoms with E-state index >= 15 is 0 Å². The average molecular weight is 684 g/mol. The molecule has 0 aliphatic rings. The van der Waals surface area contributed by atoms with Crippen LogP contribution in [0.3, 0.4) is 0 Å². The van der Waals surface area contributed by atoms with Crippen molar-refractivity contribution in [2.75, 3.05) is 0 Å². The van der Waals surface area contributed by atoms with Crippen molar-refractivity contribution < 1.29 is 0 Å². The molecule has 3 nitrogen and oxygen atoms in total. The molecule has 246 valence electrons. The van der Waals surface area contributed by atoms with Gasteiger partial charge >= 0.3 is 0 Å². The molecule has 0 aliphatic heterocycles. The fourth-order valence-electron chi connectivity index (χ4n) is 7.85. The molecule has 0 spiro atoms. The van der Waals surface area contributed by atoms with Crippen molar-refractivity contribution >= 4 is 85.8 Å². The predicted octanol–water partition coefficient (Wildman–Crippen LogP) is 13.8. The second kappa shape index (κ2) is 12.2. The van der Waals surface area contributed by atoms with E-state index in [1.165, 1.54) is 47.3 Å². The number of rotatable bonds is 3. The van der Waals surface area contributed by atoms with Gasteiger partial charge in [-0.15, -0.1) is 11.3 Å². The smallest absolute Gasteiger partial charge is 0.235 e. The third-order valence-corrected chi connectivity index (χ3v) is 11.3. The van der Waals surface area contributed by atoms with E-state index in [0.717, 1.165) is 49.5 Å². The molecule has 0 bridgehead atoms. The molecule has 0 unspecified atom stereocenters. The Morgan fingerprint density at radius 3 is 1.98 bits per heavy atom. The maximum atomic E-state index is 5.48. The Balaban J connectivity index is 0.00000166. The molecule has 0 amide bonds. The summed E-state index contributed by atoms with van der Waals surface area (Å²) >= 11 is 1.85. The lowest BCUT2D eigenvalue weighted by molar-refractivity contribution is 1.02. The van der Waals surface area contributed by atoms with Gasteiger partial charge in [0.1, 0.15) is 0 Å². The Morgan fingerprint density at radius 2 is 1.13 bits per heavy atom. The van der Waals surface area contributed by atoms with Crippen molar-refractivity contribution in [2.45, 2.75) is 13.8 Å². The topological polar surface area (TPSA) is 30.7 Å². The fourth-order valence-corrected chi connectivity index (χ4v) is 8.94. The van der Waals surface area contributed by atoms with Crippen molar-refractivity contribution in [3.63, 3.8) is 0 Å². The lowest BCUT2D eigenvalue weighted by Crippen LogP contribution is -2.04. The standard InChI is InChI=1S/C46H27N3S.C2H6/c1-2-12-29(13-3-1)43-37-23-21-28-11-6-7-16-33(28)44(37)48-46(47-43)49-40-27-31-15-5-4-14-30(31)25-38(40)36-19-10-18-34(45(36)49)32-22-24-42-39(26-32)35-17-8-9-20-41(35)50-42;1-2/h1-27H;1-2H3. The molecule has 11 rings (SSSR count). The number of hydrogen-bond donors (Lipinski definition) is 0. The van der Waals surface area contributed by atoms with Gasteiger partial charge in [0.15, 0.2) is 0 Å². The Bertz CT molecular complexity index is 3150. The number of benzene rings is 8. The van der Waals surface area contributed by atoms with Gasteiger partial charge in [-0.25, -0.2) is 9.97 Å². The molecule has 0 fully saturated rings. The van der Waals surface area contributed by atoms with Crippen LogP contribution in [0.1, 0.15) is 13.8 Å². The van der Waals surface area contributed by atoms with Gasteiger partial charge in [-0.2, -0.15) is 0 Å². The summed E-state index contributed by atoms with van der Waals surface area (Å²) in [6.07, 6.45) is 0. The van der Waals surface area contributed by atoms with Crippen LogP contribution >= 0.6 is 11.3 Å². The maximum absolute atomic E-state index is 5.48. The zero-order valence-electron chi connectivity index (χ0n) is 28.8. The molecule has 8 aromatic carbocycles. The van der Waals surface area contributed by atoms with Crippen LogP contribution in [0.4, 0.5) is 0 Å². The molecule has 0 radical (unpaired) electrons. The Kier molecular flexibility index (Phi) is 7.12. The highest BCUT2D eigenvalue weighted by molar-refractivity contribution is 7.25. The minimum absolute atomic E-state index is 0.664. The lowest BCUT2D eigenvalue weighted by atomic mass is 9.99. The van der Waals surface area contributed by atoms with E-state index in [4.69, 9.17) is 9.97 Å². The van der Waals surface area contributed by atoms with Crippen LogP contribution in [-0.4, -0.2) is 14.5 Å². The third-order valence-electron chi connectivity index (χ3n) is 10.2. The predicted molar refractivity (Wildman–Crippen MR) is 224 cm³/mol. The first-order valence-electron chi connectivity index (χ1n) is 17.9. The maximum Gasteiger partial charge on any atom is 0.235 e. The van der Waals surface area contributed by atoms with Crippen LogP contribution in [0, 0.1) is 0 Å². The first-order chi connectivity index (χ1) is 25.8. The largest absolute Gasteiger partial charge is 0.277 e. The summed E-state index contributed by atoms with van der Waals surface area (Å²) in [6, 6.07) is 59.0. The van der Waals surface area contributed by atoms with Gasteiger partial charge in [-0.3, -0.25) is 4.57 Å². The van der Waals surface area contributed by atoms with Gasteiger partial charge in [0.2, 0.25) is 5.95 Å². The summed E-state index contributed by atoms with van der Waals surface area (Å²) in [7, 11) is 0. The van der Waals surface area contributed by atoms with Gasteiger partial charge in [-0.1, -0.05) is 141 Å². The second-order valence-electron chi connectivity index (χ2n) is 13.0. The number of para-hydroxylation sites is 1. The summed E-state index contributed by atoms with van der Waals surface area (Å²) in [6.45, 7) is 4.00. The number of hydrogen-bond acceptors (Lipinski definition) is 3. The number of aromatic nitrogens is 3. The van der Waals surface area contributed by atoms with E-state index in [1.807, 2.05) is 25.2 Å². The summed E-state index contributed by atoms with van der Waals surface area (Å²) in [5, 5.41) is 10.7. The summed E-state index contributed by atoms with van der Waals surface area (Å²) in [5.41, 5.74) is 7.47. The Hall–Kier alpha value is -6.36. The average Bonchev–Trinajstić information content (AvgIpc) is 3.75. The van der Waals surface area contributed by atoms with E-state index in [-0.39, 0.29) is 0 Å². The van der Waals surface area contributed by atoms with Crippen molar-refractivity contribution in [1.29, 1.82) is 0 Å². The molecule has 0 saturated carbocycles. The highest BCUT2D eigenvalue weighted by Gasteiger charge is 2.22. The van der Waals surface area contributed by atoms with Crippen LogP contribution in [0.2, 0.25) is 0 Å². The quantitative estimate of drug-likeness (QED) is 0.174. The Labute approximate surface area is 305 Å². The normalized spacial score (nSPS) is 11.7. The molecule has 3 heterocycles. The highest BCUT2D eigenvalue weighted by Crippen LogP contribution is 2.42. The number of nitrogens with zero attached hydrogens (tertiary/aromatic N) is 3. The van der Waals surface area contributed by atoms with Gasteiger partial charge in [0.05, 0.1) is 22.2 Å². The van der Waals surface area contributed by atoms with Gasteiger partial charge < -0.3 is 0 Å². The third kappa shape index (κ3) is 4.65. The first kappa shape index (κ1) is 30.5. The minimum Gasteiger partial charge on any atom is -0.277 e. The summed E-state index contributed by atoms with van der Waals surface area (Å²) < 4.78 is 4.92. The monoisotopic (exact) mass is 683 g/mol. The van der Waals surface area contributed by atoms with Crippen LogP contribution < -0.4 is 0 Å². The SMILES string of the molecule is CC.c1ccc(-c2nc(-n3c4cc5ccccc5cc4c4cccc(-c5ccc6sc7ccccc7c6c5)c43)nc3c2ccc2ccccc23)cc1. The van der Waals surface area contributed by atoms with E-state index in [9.17, 15) is 0 Å². The summed E-state index contributed by atoms with van der Waals surface area (Å²) in [5.74, 6) is 0.664.